The van der Waals surface area contributed by atoms with Gasteiger partial charge in [-0.05, 0) is 85.5 Å². The lowest BCUT2D eigenvalue weighted by Gasteiger charge is -2.16. The first-order valence-electron chi connectivity index (χ1n) is 10.5. The van der Waals surface area contributed by atoms with Crippen molar-refractivity contribution in [3.63, 3.8) is 0 Å². The SMILES string of the molecule is O=C(Nc1ccc(NC(=O)c2ccc(OCC3CC3)cc2)c(C(F)(F)F)c1)c1ccc(F)cc1. The number of amides is 2. The second kappa shape index (κ2) is 9.54. The first-order chi connectivity index (χ1) is 16.2. The Balaban J connectivity index is 1.47. The molecule has 0 aromatic heterocycles. The zero-order valence-electron chi connectivity index (χ0n) is 17.8. The van der Waals surface area contributed by atoms with Crippen molar-refractivity contribution in [3.05, 3.63) is 89.2 Å². The Morgan fingerprint density at radius 1 is 0.853 bits per heavy atom. The van der Waals surface area contributed by atoms with E-state index in [1.54, 1.807) is 12.1 Å². The largest absolute Gasteiger partial charge is 0.493 e. The van der Waals surface area contributed by atoms with Crippen LogP contribution in [0.2, 0.25) is 0 Å². The molecule has 0 saturated heterocycles. The Bertz CT molecular complexity index is 1190. The molecule has 3 aromatic carbocycles. The normalized spacial score (nSPS) is 13.3. The van der Waals surface area contributed by atoms with Crippen molar-refractivity contribution in [2.45, 2.75) is 19.0 Å². The fourth-order valence-electron chi connectivity index (χ4n) is 3.17. The number of halogens is 4. The average Bonchev–Trinajstić information content (AvgIpc) is 3.63. The summed E-state index contributed by atoms with van der Waals surface area (Å²) >= 11 is 0. The third-order valence-electron chi connectivity index (χ3n) is 5.24. The van der Waals surface area contributed by atoms with Gasteiger partial charge in [0.1, 0.15) is 11.6 Å². The van der Waals surface area contributed by atoms with Crippen molar-refractivity contribution in [2.75, 3.05) is 17.2 Å². The van der Waals surface area contributed by atoms with E-state index in [1.807, 2.05) is 0 Å². The Morgan fingerprint density at radius 3 is 2.03 bits per heavy atom. The summed E-state index contributed by atoms with van der Waals surface area (Å²) in [6.45, 7) is 0.602. The molecular formula is C25H20F4N2O3. The van der Waals surface area contributed by atoms with Gasteiger partial charge in [-0.3, -0.25) is 9.59 Å². The molecule has 3 aromatic rings. The minimum atomic E-state index is -4.79. The maximum absolute atomic E-state index is 13.7. The molecule has 1 aliphatic carbocycles. The van der Waals surface area contributed by atoms with Crippen LogP contribution in [0.4, 0.5) is 28.9 Å². The Kier molecular flexibility index (Phi) is 6.54. The van der Waals surface area contributed by atoms with Crippen molar-refractivity contribution >= 4 is 23.2 Å². The molecule has 1 fully saturated rings. The van der Waals surface area contributed by atoms with E-state index in [0.29, 0.717) is 18.3 Å². The highest BCUT2D eigenvalue weighted by atomic mass is 19.4. The number of carbonyl (C=O) groups excluding carboxylic acids is 2. The summed E-state index contributed by atoms with van der Waals surface area (Å²) in [6.07, 6.45) is -2.52. The van der Waals surface area contributed by atoms with Crippen LogP contribution < -0.4 is 15.4 Å². The van der Waals surface area contributed by atoms with Crippen LogP contribution in [0, 0.1) is 11.7 Å². The van der Waals surface area contributed by atoms with E-state index in [2.05, 4.69) is 10.6 Å². The van der Waals surface area contributed by atoms with Crippen molar-refractivity contribution in [3.8, 4) is 5.75 Å². The third-order valence-corrected chi connectivity index (χ3v) is 5.24. The maximum atomic E-state index is 13.7. The van der Waals surface area contributed by atoms with Crippen LogP contribution in [0.1, 0.15) is 39.1 Å². The molecule has 4 rings (SSSR count). The first-order valence-corrected chi connectivity index (χ1v) is 10.5. The molecule has 0 aliphatic heterocycles. The lowest BCUT2D eigenvalue weighted by Crippen LogP contribution is -2.18. The maximum Gasteiger partial charge on any atom is 0.418 e. The number of rotatable bonds is 7. The second-order valence-corrected chi connectivity index (χ2v) is 7.95. The summed E-state index contributed by atoms with van der Waals surface area (Å²) in [6, 6.07) is 13.7. The molecule has 0 spiro atoms. The summed E-state index contributed by atoms with van der Waals surface area (Å²) in [5.41, 5.74) is -1.46. The monoisotopic (exact) mass is 472 g/mol. The van der Waals surface area contributed by atoms with Gasteiger partial charge in [0, 0.05) is 16.8 Å². The lowest BCUT2D eigenvalue weighted by molar-refractivity contribution is -0.136. The van der Waals surface area contributed by atoms with Crippen LogP contribution in [0.15, 0.2) is 66.7 Å². The predicted octanol–water partition coefficient (Wildman–Crippen LogP) is 6.14. The highest BCUT2D eigenvalue weighted by Gasteiger charge is 2.34. The molecule has 176 valence electrons. The smallest absolute Gasteiger partial charge is 0.418 e. The predicted molar refractivity (Wildman–Crippen MR) is 118 cm³/mol. The molecule has 0 unspecified atom stereocenters. The standard InChI is InChI=1S/C25H20F4N2O3/c26-18-7-3-16(4-8-18)23(32)30-19-9-12-22(21(13-19)25(27,28)29)31-24(33)17-5-10-20(11-6-17)34-14-15-1-2-15/h3-13,15H,1-2,14H2,(H,30,32)(H,31,33). The van der Waals surface area contributed by atoms with Gasteiger partial charge in [0.15, 0.2) is 0 Å². The molecule has 1 saturated carbocycles. The van der Waals surface area contributed by atoms with Crippen LogP contribution in [0.3, 0.4) is 0 Å². The number of ether oxygens (including phenoxy) is 1. The number of hydrogen-bond acceptors (Lipinski definition) is 3. The second-order valence-electron chi connectivity index (χ2n) is 7.95. The molecule has 0 bridgehead atoms. The minimum absolute atomic E-state index is 0.0805. The Morgan fingerprint density at radius 2 is 1.44 bits per heavy atom. The number of benzene rings is 3. The van der Waals surface area contributed by atoms with E-state index in [-0.39, 0.29) is 16.8 Å². The summed E-state index contributed by atoms with van der Waals surface area (Å²) in [5.74, 6) is -0.819. The van der Waals surface area contributed by atoms with E-state index in [9.17, 15) is 27.2 Å². The highest BCUT2D eigenvalue weighted by Crippen LogP contribution is 2.37. The van der Waals surface area contributed by atoms with Crippen LogP contribution in [-0.2, 0) is 6.18 Å². The van der Waals surface area contributed by atoms with Gasteiger partial charge in [0.25, 0.3) is 11.8 Å². The first kappa shape index (κ1) is 23.3. The average molecular weight is 472 g/mol. The van der Waals surface area contributed by atoms with E-state index < -0.39 is 35.1 Å². The lowest BCUT2D eigenvalue weighted by atomic mass is 10.1. The van der Waals surface area contributed by atoms with E-state index in [1.165, 1.54) is 30.3 Å². The Labute approximate surface area is 192 Å². The molecule has 0 atom stereocenters. The van der Waals surface area contributed by atoms with E-state index >= 15 is 0 Å². The van der Waals surface area contributed by atoms with Gasteiger partial charge in [0.05, 0.1) is 17.9 Å². The molecule has 1 aliphatic rings. The van der Waals surface area contributed by atoms with Crippen molar-refractivity contribution < 1.29 is 31.9 Å². The van der Waals surface area contributed by atoms with Crippen LogP contribution >= 0.6 is 0 Å². The molecule has 2 amide bonds. The summed E-state index contributed by atoms with van der Waals surface area (Å²) in [4.78, 5) is 24.8. The zero-order chi connectivity index (χ0) is 24.3. The summed E-state index contributed by atoms with van der Waals surface area (Å²) in [7, 11) is 0. The van der Waals surface area contributed by atoms with Crippen molar-refractivity contribution in [2.24, 2.45) is 5.92 Å². The Hall–Kier alpha value is -3.88. The molecule has 34 heavy (non-hydrogen) atoms. The van der Waals surface area contributed by atoms with E-state index in [0.717, 1.165) is 37.1 Å². The summed E-state index contributed by atoms with van der Waals surface area (Å²) < 4.78 is 59.6. The molecule has 0 heterocycles. The minimum Gasteiger partial charge on any atom is -0.493 e. The third kappa shape index (κ3) is 5.92. The van der Waals surface area contributed by atoms with Crippen LogP contribution in [0.25, 0.3) is 0 Å². The number of alkyl halides is 3. The van der Waals surface area contributed by atoms with Crippen molar-refractivity contribution in [1.82, 2.24) is 0 Å². The molecule has 5 nitrogen and oxygen atoms in total. The van der Waals surface area contributed by atoms with Crippen LogP contribution in [-0.4, -0.2) is 18.4 Å². The molecule has 0 radical (unpaired) electrons. The topological polar surface area (TPSA) is 67.4 Å². The quantitative estimate of drug-likeness (QED) is 0.406. The molecular weight excluding hydrogens is 452 g/mol. The summed E-state index contributed by atoms with van der Waals surface area (Å²) in [5, 5.41) is 4.62. The van der Waals surface area contributed by atoms with Gasteiger partial charge in [-0.15, -0.1) is 0 Å². The van der Waals surface area contributed by atoms with Crippen molar-refractivity contribution in [1.29, 1.82) is 0 Å². The molecule has 9 heteroatoms. The number of carbonyl (C=O) groups is 2. The fourth-order valence-corrected chi connectivity index (χ4v) is 3.17. The van der Waals surface area contributed by atoms with Gasteiger partial charge in [0.2, 0.25) is 0 Å². The van der Waals surface area contributed by atoms with Gasteiger partial charge < -0.3 is 15.4 Å². The van der Waals surface area contributed by atoms with Gasteiger partial charge in [-0.25, -0.2) is 4.39 Å². The molecule has 2 N–H and O–H groups in total. The fraction of sp³-hybridized carbons (Fsp3) is 0.200. The number of hydrogen-bond donors (Lipinski definition) is 2. The number of anilines is 2. The van der Waals surface area contributed by atoms with Gasteiger partial charge in [-0.1, -0.05) is 0 Å². The van der Waals surface area contributed by atoms with Gasteiger partial charge in [-0.2, -0.15) is 13.2 Å². The van der Waals surface area contributed by atoms with Gasteiger partial charge >= 0.3 is 6.18 Å². The van der Waals surface area contributed by atoms with Crippen LogP contribution in [0.5, 0.6) is 5.75 Å². The number of nitrogens with one attached hydrogen (secondary N) is 2. The zero-order valence-corrected chi connectivity index (χ0v) is 17.8. The van der Waals surface area contributed by atoms with E-state index in [4.69, 9.17) is 4.74 Å². The highest BCUT2D eigenvalue weighted by molar-refractivity contribution is 6.06.